The van der Waals surface area contributed by atoms with Crippen molar-refractivity contribution in [3.8, 4) is 10.6 Å². The molecular formula is C15H15FN2O2S. The average molecular weight is 306 g/mol. The van der Waals surface area contributed by atoms with Crippen molar-refractivity contribution in [2.24, 2.45) is 0 Å². The molecule has 0 atom stereocenters. The maximum atomic E-state index is 13.7. The Labute approximate surface area is 125 Å². The molecule has 2 heterocycles. The van der Waals surface area contributed by atoms with Crippen LogP contribution >= 0.6 is 11.3 Å². The van der Waals surface area contributed by atoms with E-state index in [-0.39, 0.29) is 17.8 Å². The van der Waals surface area contributed by atoms with E-state index in [1.54, 1.807) is 23.1 Å². The fraction of sp³-hybridized carbons (Fsp3) is 0.333. The predicted molar refractivity (Wildman–Crippen MR) is 78.7 cm³/mol. The van der Waals surface area contributed by atoms with E-state index in [4.69, 9.17) is 0 Å². The Bertz CT molecular complexity index is 651. The van der Waals surface area contributed by atoms with E-state index in [0.717, 1.165) is 0 Å². The Morgan fingerprint density at radius 1 is 1.33 bits per heavy atom. The topological polar surface area (TPSA) is 53.4 Å². The van der Waals surface area contributed by atoms with Crippen molar-refractivity contribution in [1.82, 2.24) is 9.88 Å². The Hall–Kier alpha value is -1.79. The molecule has 110 valence electrons. The third-order valence-electron chi connectivity index (χ3n) is 3.57. The normalized spacial score (nSPS) is 16.2. The zero-order chi connectivity index (χ0) is 14.8. The number of benzene rings is 1. The highest BCUT2D eigenvalue weighted by molar-refractivity contribution is 7.16. The van der Waals surface area contributed by atoms with Gasteiger partial charge in [0.15, 0.2) is 0 Å². The molecule has 1 fully saturated rings. The minimum absolute atomic E-state index is 0.0954. The lowest BCUT2D eigenvalue weighted by atomic mass is 10.1. The summed E-state index contributed by atoms with van der Waals surface area (Å²) in [5.74, 6) is -0.436. The number of carbonyl (C=O) groups excluding carboxylic acids is 1. The van der Waals surface area contributed by atoms with Gasteiger partial charge in [-0.25, -0.2) is 9.37 Å². The van der Waals surface area contributed by atoms with Crippen LogP contribution in [0.2, 0.25) is 0 Å². The molecule has 2 aromatic rings. The highest BCUT2D eigenvalue weighted by Crippen LogP contribution is 2.28. The lowest BCUT2D eigenvalue weighted by Gasteiger charge is -2.29. The highest BCUT2D eigenvalue weighted by atomic mass is 32.1. The number of aromatic nitrogens is 1. The molecule has 1 saturated heterocycles. The molecule has 6 heteroatoms. The Balaban J connectivity index is 1.79. The molecule has 21 heavy (non-hydrogen) atoms. The number of halogens is 1. The molecular weight excluding hydrogens is 291 g/mol. The first-order valence-corrected chi connectivity index (χ1v) is 7.65. The first-order chi connectivity index (χ1) is 10.1. The van der Waals surface area contributed by atoms with Crippen LogP contribution in [0, 0.1) is 5.82 Å². The second-order valence-corrected chi connectivity index (χ2v) is 6.06. The summed E-state index contributed by atoms with van der Waals surface area (Å²) in [6.45, 7) is 1.10. The first-order valence-electron chi connectivity index (χ1n) is 6.83. The molecule has 1 aliphatic rings. The lowest BCUT2D eigenvalue weighted by molar-refractivity contribution is 0.0550. The van der Waals surface area contributed by atoms with E-state index < -0.39 is 0 Å². The number of aliphatic hydroxyl groups excluding tert-OH is 1. The fourth-order valence-electron chi connectivity index (χ4n) is 2.36. The summed E-state index contributed by atoms with van der Waals surface area (Å²) in [5.41, 5.74) is 0.413. The summed E-state index contributed by atoms with van der Waals surface area (Å²) in [7, 11) is 0. The highest BCUT2D eigenvalue weighted by Gasteiger charge is 2.24. The molecule has 0 saturated carbocycles. The summed E-state index contributed by atoms with van der Waals surface area (Å²) in [4.78, 5) is 18.7. The second-order valence-electron chi connectivity index (χ2n) is 5.03. The molecule has 0 spiro atoms. The van der Waals surface area contributed by atoms with Crippen molar-refractivity contribution >= 4 is 17.2 Å². The van der Waals surface area contributed by atoms with Crippen LogP contribution < -0.4 is 0 Å². The largest absolute Gasteiger partial charge is 0.393 e. The van der Waals surface area contributed by atoms with E-state index in [1.165, 1.54) is 23.6 Å². The first kappa shape index (κ1) is 14.2. The van der Waals surface area contributed by atoms with Gasteiger partial charge in [0.05, 0.1) is 12.3 Å². The smallest absolute Gasteiger partial charge is 0.265 e. The van der Waals surface area contributed by atoms with Gasteiger partial charge in [-0.2, -0.15) is 0 Å². The van der Waals surface area contributed by atoms with Gasteiger partial charge in [0.1, 0.15) is 15.7 Å². The molecule has 0 bridgehead atoms. The van der Waals surface area contributed by atoms with Crippen molar-refractivity contribution in [1.29, 1.82) is 0 Å². The number of rotatable bonds is 2. The third kappa shape index (κ3) is 2.96. The zero-order valence-corrected chi connectivity index (χ0v) is 12.1. The standard InChI is InChI=1S/C15H15FN2O2S/c16-12-4-2-1-3-11(12)14-17-9-13(21-14)15(20)18-7-5-10(19)6-8-18/h1-4,9-10,19H,5-8H2. The third-order valence-corrected chi connectivity index (χ3v) is 4.59. The Morgan fingerprint density at radius 3 is 2.76 bits per heavy atom. The van der Waals surface area contributed by atoms with Gasteiger partial charge in [-0.05, 0) is 25.0 Å². The number of piperidine rings is 1. The predicted octanol–water partition coefficient (Wildman–Crippen LogP) is 2.55. The van der Waals surface area contributed by atoms with E-state index in [1.807, 2.05) is 0 Å². The second kappa shape index (κ2) is 5.91. The van der Waals surface area contributed by atoms with E-state index >= 15 is 0 Å². The van der Waals surface area contributed by atoms with Crippen molar-refractivity contribution in [3.63, 3.8) is 0 Å². The Kier molecular flexibility index (Phi) is 3.98. The number of hydrogen-bond acceptors (Lipinski definition) is 4. The van der Waals surface area contributed by atoms with Crippen molar-refractivity contribution in [3.05, 3.63) is 41.2 Å². The van der Waals surface area contributed by atoms with E-state index in [9.17, 15) is 14.3 Å². The van der Waals surface area contributed by atoms with E-state index in [0.29, 0.717) is 41.4 Å². The monoisotopic (exact) mass is 306 g/mol. The van der Waals surface area contributed by atoms with Gasteiger partial charge in [0.2, 0.25) is 0 Å². The minimum Gasteiger partial charge on any atom is -0.393 e. The number of likely N-dealkylation sites (tertiary alicyclic amines) is 1. The van der Waals surface area contributed by atoms with Crippen molar-refractivity contribution in [2.75, 3.05) is 13.1 Å². The maximum Gasteiger partial charge on any atom is 0.265 e. The van der Waals surface area contributed by atoms with Crippen LogP contribution in [0.25, 0.3) is 10.6 Å². The summed E-state index contributed by atoms with van der Waals surface area (Å²) in [6, 6.07) is 6.40. The maximum absolute atomic E-state index is 13.7. The van der Waals surface area contributed by atoms with Crippen LogP contribution in [0.1, 0.15) is 22.5 Å². The van der Waals surface area contributed by atoms with Gasteiger partial charge in [-0.15, -0.1) is 11.3 Å². The van der Waals surface area contributed by atoms with Crippen LogP contribution in [-0.4, -0.2) is 40.1 Å². The van der Waals surface area contributed by atoms with Gasteiger partial charge < -0.3 is 10.0 Å². The summed E-state index contributed by atoms with van der Waals surface area (Å²) in [5, 5.41) is 9.98. The lowest BCUT2D eigenvalue weighted by Crippen LogP contribution is -2.39. The van der Waals surface area contributed by atoms with Crippen LogP contribution in [0.5, 0.6) is 0 Å². The van der Waals surface area contributed by atoms with Crippen LogP contribution in [0.4, 0.5) is 4.39 Å². The molecule has 1 aromatic carbocycles. The van der Waals surface area contributed by atoms with Crippen LogP contribution in [0.3, 0.4) is 0 Å². The van der Waals surface area contributed by atoms with Crippen LogP contribution in [-0.2, 0) is 0 Å². The van der Waals surface area contributed by atoms with Crippen LogP contribution in [0.15, 0.2) is 30.5 Å². The van der Waals surface area contributed by atoms with Gasteiger partial charge in [-0.3, -0.25) is 4.79 Å². The summed E-state index contributed by atoms with van der Waals surface area (Å²) >= 11 is 1.20. The van der Waals surface area contributed by atoms with Gasteiger partial charge in [-0.1, -0.05) is 12.1 Å². The number of carbonyl (C=O) groups is 1. The van der Waals surface area contributed by atoms with Gasteiger partial charge >= 0.3 is 0 Å². The number of hydrogen-bond donors (Lipinski definition) is 1. The fourth-order valence-corrected chi connectivity index (χ4v) is 3.27. The molecule has 0 radical (unpaired) electrons. The molecule has 1 aromatic heterocycles. The summed E-state index contributed by atoms with van der Waals surface area (Å²) in [6.07, 6.45) is 2.39. The molecule has 1 N–H and O–H groups in total. The SMILES string of the molecule is O=C(c1cnc(-c2ccccc2F)s1)N1CCC(O)CC1. The summed E-state index contributed by atoms with van der Waals surface area (Å²) < 4.78 is 13.7. The van der Waals surface area contributed by atoms with Gasteiger partial charge in [0.25, 0.3) is 5.91 Å². The molecule has 3 rings (SSSR count). The number of aliphatic hydroxyl groups is 1. The average Bonchev–Trinajstić information content (AvgIpc) is 2.97. The van der Waals surface area contributed by atoms with Crippen molar-refractivity contribution < 1.29 is 14.3 Å². The minimum atomic E-state index is -0.341. The quantitative estimate of drug-likeness (QED) is 0.927. The zero-order valence-electron chi connectivity index (χ0n) is 11.3. The number of thiazole rings is 1. The number of amides is 1. The van der Waals surface area contributed by atoms with E-state index in [2.05, 4.69) is 4.98 Å². The van der Waals surface area contributed by atoms with Crippen molar-refractivity contribution in [2.45, 2.75) is 18.9 Å². The molecule has 0 aliphatic carbocycles. The number of nitrogens with zero attached hydrogens (tertiary/aromatic N) is 2. The molecule has 1 amide bonds. The molecule has 0 unspecified atom stereocenters. The molecule has 1 aliphatic heterocycles. The molecule has 4 nitrogen and oxygen atoms in total. The van der Waals surface area contributed by atoms with Gasteiger partial charge in [0, 0.05) is 18.7 Å². The Morgan fingerprint density at radius 2 is 2.05 bits per heavy atom.